The molecule has 0 fully saturated rings. The van der Waals surface area contributed by atoms with E-state index >= 15 is 0 Å². The third-order valence-corrected chi connectivity index (χ3v) is 3.41. The zero-order valence-corrected chi connectivity index (χ0v) is 17.1. The fourth-order valence-electron chi connectivity index (χ4n) is 2.13. The molecule has 1 aromatic carbocycles. The fourth-order valence-corrected chi connectivity index (χ4v) is 2.13. The van der Waals surface area contributed by atoms with Crippen LogP contribution in [0.25, 0.3) is 11.4 Å². The molecule has 0 bridgehead atoms. The number of carbonyl (C=O) groups excluding carboxylic acids is 2. The summed E-state index contributed by atoms with van der Waals surface area (Å²) in [6.07, 6.45) is -0.691. The molecule has 0 saturated heterocycles. The van der Waals surface area contributed by atoms with Gasteiger partial charge in [0.2, 0.25) is 17.6 Å². The van der Waals surface area contributed by atoms with Crippen LogP contribution >= 0.6 is 0 Å². The van der Waals surface area contributed by atoms with Crippen LogP contribution in [-0.2, 0) is 16.1 Å². The number of hydrogen-bond acceptors (Lipinski definition) is 8. The van der Waals surface area contributed by atoms with Crippen LogP contribution in [0, 0.1) is 0 Å². The molecule has 10 heteroatoms. The molecule has 1 heterocycles. The third-order valence-electron chi connectivity index (χ3n) is 3.41. The lowest BCUT2D eigenvalue weighted by Crippen LogP contribution is -2.31. The van der Waals surface area contributed by atoms with Crippen molar-refractivity contribution in [1.29, 1.82) is 0 Å². The molecule has 2 aromatic rings. The summed E-state index contributed by atoms with van der Waals surface area (Å²) in [7, 11) is 1.59. The van der Waals surface area contributed by atoms with Gasteiger partial charge in [-0.05, 0) is 52.0 Å². The first kappa shape index (κ1) is 21.9. The average molecular weight is 403 g/mol. The molecule has 29 heavy (non-hydrogen) atoms. The number of rotatable bonds is 7. The predicted molar refractivity (Wildman–Crippen MR) is 105 cm³/mol. The monoisotopic (exact) mass is 403 g/mol. The first-order valence-corrected chi connectivity index (χ1v) is 8.92. The van der Waals surface area contributed by atoms with Gasteiger partial charge in [0.1, 0.15) is 11.4 Å². The maximum absolute atomic E-state index is 12.0. The molecule has 2 amide bonds. The van der Waals surface area contributed by atoms with Gasteiger partial charge >= 0.3 is 6.09 Å². The number of hydrazone groups is 1. The van der Waals surface area contributed by atoms with Crippen molar-refractivity contribution >= 4 is 17.7 Å². The first-order chi connectivity index (χ1) is 13.7. The number of nitrogens with zero attached hydrogens (tertiary/aromatic N) is 3. The van der Waals surface area contributed by atoms with Crippen molar-refractivity contribution < 1.29 is 23.6 Å². The van der Waals surface area contributed by atoms with Crippen molar-refractivity contribution in [2.75, 3.05) is 7.11 Å². The van der Waals surface area contributed by atoms with Crippen LogP contribution < -0.4 is 15.5 Å². The number of carbonyl (C=O) groups is 2. The van der Waals surface area contributed by atoms with Gasteiger partial charge in [0.05, 0.1) is 20.1 Å². The van der Waals surface area contributed by atoms with E-state index in [0.29, 0.717) is 11.5 Å². The molecule has 156 valence electrons. The highest BCUT2D eigenvalue weighted by Crippen LogP contribution is 2.19. The van der Waals surface area contributed by atoms with Crippen molar-refractivity contribution in [2.24, 2.45) is 5.10 Å². The molecule has 2 rings (SSSR count). The smallest absolute Gasteiger partial charge is 0.428 e. The Balaban J connectivity index is 1.81. The van der Waals surface area contributed by atoms with Gasteiger partial charge in [0.25, 0.3) is 0 Å². The Hall–Kier alpha value is -3.43. The van der Waals surface area contributed by atoms with E-state index in [-0.39, 0.29) is 24.8 Å². The van der Waals surface area contributed by atoms with E-state index in [1.807, 2.05) is 12.1 Å². The number of benzene rings is 1. The molecule has 2 N–H and O–H groups in total. The topological polar surface area (TPSA) is 128 Å². The van der Waals surface area contributed by atoms with Crippen molar-refractivity contribution in [2.45, 2.75) is 46.3 Å². The molecular weight excluding hydrogens is 378 g/mol. The Bertz CT molecular complexity index is 868. The second-order valence-corrected chi connectivity index (χ2v) is 7.15. The number of ether oxygens (including phenoxy) is 2. The molecular formula is C19H25N5O5. The molecule has 1 aromatic heterocycles. The van der Waals surface area contributed by atoms with Gasteiger partial charge in [-0.2, -0.15) is 10.1 Å². The summed E-state index contributed by atoms with van der Waals surface area (Å²) in [4.78, 5) is 27.8. The normalized spacial score (nSPS) is 11.7. The number of aromatic nitrogens is 2. The molecule has 0 unspecified atom stereocenters. The summed E-state index contributed by atoms with van der Waals surface area (Å²) in [5, 5.41) is 10.4. The van der Waals surface area contributed by atoms with Crippen LogP contribution in [0.3, 0.4) is 0 Å². The highest BCUT2D eigenvalue weighted by Gasteiger charge is 2.16. The van der Waals surface area contributed by atoms with Gasteiger partial charge in [-0.1, -0.05) is 5.16 Å². The Labute approximate surface area is 168 Å². The number of methoxy groups -OCH3 is 1. The minimum absolute atomic E-state index is 0.00469. The lowest BCUT2D eigenvalue weighted by molar-refractivity contribution is -0.120. The van der Waals surface area contributed by atoms with Crippen molar-refractivity contribution in [3.8, 4) is 17.1 Å². The fraction of sp³-hybridized carbons (Fsp3) is 0.421. The Morgan fingerprint density at radius 2 is 1.90 bits per heavy atom. The molecule has 0 radical (unpaired) electrons. The maximum Gasteiger partial charge on any atom is 0.428 e. The van der Waals surface area contributed by atoms with Gasteiger partial charge in [0, 0.05) is 11.3 Å². The standard InChI is InChI=1S/C19H25N5O5/c1-12(22-23-18(26)28-19(2,3)4)10-15(25)20-11-16-21-17(24-29-16)13-6-8-14(27-5)9-7-13/h6-9H,10-11H2,1-5H3,(H,20,25)(H,23,26)/b22-12+. The minimum atomic E-state index is -0.686. The van der Waals surface area contributed by atoms with E-state index in [9.17, 15) is 9.59 Å². The maximum atomic E-state index is 12.0. The van der Waals surface area contributed by atoms with Gasteiger partial charge in [0.15, 0.2) is 0 Å². The summed E-state index contributed by atoms with van der Waals surface area (Å²) >= 11 is 0. The van der Waals surface area contributed by atoms with Crippen LogP contribution in [0.2, 0.25) is 0 Å². The van der Waals surface area contributed by atoms with Crippen LogP contribution in [0.4, 0.5) is 4.79 Å². The van der Waals surface area contributed by atoms with E-state index in [0.717, 1.165) is 11.3 Å². The number of nitrogens with one attached hydrogen (secondary N) is 2. The first-order valence-electron chi connectivity index (χ1n) is 8.92. The van der Waals surface area contributed by atoms with Gasteiger partial charge in [-0.25, -0.2) is 10.2 Å². The summed E-state index contributed by atoms with van der Waals surface area (Å²) in [5.41, 5.74) is 2.80. The summed E-state index contributed by atoms with van der Waals surface area (Å²) in [6.45, 7) is 6.93. The highest BCUT2D eigenvalue weighted by molar-refractivity contribution is 5.99. The summed E-state index contributed by atoms with van der Waals surface area (Å²) in [6, 6.07) is 7.20. The Morgan fingerprint density at radius 3 is 2.52 bits per heavy atom. The molecule has 10 nitrogen and oxygen atoms in total. The second kappa shape index (κ2) is 9.67. The van der Waals surface area contributed by atoms with Gasteiger partial charge in [-0.3, -0.25) is 4.79 Å². The zero-order chi connectivity index (χ0) is 21.4. The third kappa shape index (κ3) is 7.60. The van der Waals surface area contributed by atoms with Gasteiger partial charge in [-0.15, -0.1) is 0 Å². The number of amides is 2. The molecule has 0 aliphatic carbocycles. The van der Waals surface area contributed by atoms with E-state index in [2.05, 4.69) is 26.0 Å². The molecule has 0 saturated carbocycles. The van der Waals surface area contributed by atoms with Gasteiger partial charge < -0.3 is 19.3 Å². The Morgan fingerprint density at radius 1 is 1.21 bits per heavy atom. The minimum Gasteiger partial charge on any atom is -0.497 e. The van der Waals surface area contributed by atoms with E-state index < -0.39 is 11.7 Å². The quantitative estimate of drug-likeness (QED) is 0.537. The predicted octanol–water partition coefficient (Wildman–Crippen LogP) is 2.65. The Kier molecular flexibility index (Phi) is 7.29. The van der Waals surface area contributed by atoms with E-state index in [4.69, 9.17) is 14.0 Å². The second-order valence-electron chi connectivity index (χ2n) is 7.15. The summed E-state index contributed by atoms with van der Waals surface area (Å²) < 4.78 is 15.3. The molecule has 0 spiro atoms. The van der Waals surface area contributed by atoms with Crippen LogP contribution in [0.1, 0.15) is 40.0 Å². The molecule has 0 atom stereocenters. The average Bonchev–Trinajstić information content (AvgIpc) is 3.12. The lowest BCUT2D eigenvalue weighted by Gasteiger charge is -2.18. The molecule has 0 aliphatic heterocycles. The van der Waals surface area contributed by atoms with Crippen molar-refractivity contribution in [1.82, 2.24) is 20.9 Å². The molecule has 0 aliphatic rings. The van der Waals surface area contributed by atoms with Crippen molar-refractivity contribution in [3.05, 3.63) is 30.2 Å². The van der Waals surface area contributed by atoms with Crippen molar-refractivity contribution in [3.63, 3.8) is 0 Å². The van der Waals surface area contributed by atoms with Crippen LogP contribution in [0.5, 0.6) is 5.75 Å². The summed E-state index contributed by atoms with van der Waals surface area (Å²) in [5.74, 6) is 1.10. The van der Waals surface area contributed by atoms with E-state index in [1.165, 1.54) is 0 Å². The SMILES string of the molecule is COc1ccc(-c2noc(CNC(=O)C/C(C)=N/NC(=O)OC(C)(C)C)n2)cc1. The van der Waals surface area contributed by atoms with Crippen LogP contribution in [-0.4, -0.2) is 40.6 Å². The lowest BCUT2D eigenvalue weighted by atomic mass is 10.2. The van der Waals surface area contributed by atoms with Crippen LogP contribution in [0.15, 0.2) is 33.9 Å². The zero-order valence-electron chi connectivity index (χ0n) is 17.1. The highest BCUT2D eigenvalue weighted by atomic mass is 16.6. The van der Waals surface area contributed by atoms with E-state index in [1.54, 1.807) is 46.9 Å². The largest absolute Gasteiger partial charge is 0.497 e. The number of hydrogen-bond donors (Lipinski definition) is 2.